The van der Waals surface area contributed by atoms with Gasteiger partial charge in [-0.2, -0.15) is 0 Å². The van der Waals surface area contributed by atoms with Crippen LogP contribution in [0.4, 0.5) is 17.1 Å². The summed E-state index contributed by atoms with van der Waals surface area (Å²) in [6, 6.07) is 61.8. The van der Waals surface area contributed by atoms with Gasteiger partial charge in [0.05, 0.1) is 5.69 Å². The quantitative estimate of drug-likeness (QED) is 0.140. The van der Waals surface area contributed by atoms with Gasteiger partial charge in [-0.1, -0.05) is 133 Å². The van der Waals surface area contributed by atoms with Crippen LogP contribution < -0.4 is 30.8 Å². The Morgan fingerprint density at radius 3 is 1.38 bits per heavy atom. The standard InChI is InChI=1S/C43H30BNO2/c1-5-17-30(18-6-1)40(31-19-7-2-8-20-31)34-29-37(45(32-21-9-3-10-22-32)33-23-11-4-12-24-33)43-41-42(34)46-38-27-15-13-25-35(38)44(41)36-26-14-16-28-39(36)47-43/h1-29,40H. The minimum absolute atomic E-state index is 0.0609. The van der Waals surface area contributed by atoms with Gasteiger partial charge in [0.2, 0.25) is 0 Å². The molecule has 0 saturated carbocycles. The lowest BCUT2D eigenvalue weighted by atomic mass is 9.34. The molecule has 2 aliphatic rings. The van der Waals surface area contributed by atoms with Crippen LogP contribution in [0.1, 0.15) is 22.6 Å². The zero-order chi connectivity index (χ0) is 31.2. The molecule has 0 amide bonds. The molecule has 7 aromatic carbocycles. The van der Waals surface area contributed by atoms with E-state index in [-0.39, 0.29) is 12.6 Å². The lowest BCUT2D eigenvalue weighted by Gasteiger charge is -2.38. The number of ether oxygens (including phenoxy) is 2. The average molecular weight is 604 g/mol. The van der Waals surface area contributed by atoms with E-state index in [1.165, 1.54) is 11.1 Å². The van der Waals surface area contributed by atoms with Crippen molar-refractivity contribution in [1.82, 2.24) is 0 Å². The minimum atomic E-state index is -0.0899. The van der Waals surface area contributed by atoms with Crippen molar-refractivity contribution >= 4 is 40.2 Å². The van der Waals surface area contributed by atoms with Crippen molar-refractivity contribution in [3.63, 3.8) is 0 Å². The number of hydrogen-bond donors (Lipinski definition) is 0. The normalized spacial score (nSPS) is 12.3. The maximum absolute atomic E-state index is 7.04. The molecule has 0 radical (unpaired) electrons. The first-order valence-electron chi connectivity index (χ1n) is 16.1. The van der Waals surface area contributed by atoms with Crippen LogP contribution in [0.2, 0.25) is 0 Å². The highest BCUT2D eigenvalue weighted by Gasteiger charge is 2.44. The monoisotopic (exact) mass is 603 g/mol. The second kappa shape index (κ2) is 11.4. The van der Waals surface area contributed by atoms with E-state index in [0.29, 0.717) is 0 Å². The van der Waals surface area contributed by atoms with Crippen LogP contribution in [-0.2, 0) is 0 Å². The largest absolute Gasteiger partial charge is 0.458 e. The summed E-state index contributed by atoms with van der Waals surface area (Å²) in [4.78, 5) is 2.32. The van der Waals surface area contributed by atoms with Gasteiger partial charge in [0.25, 0.3) is 6.71 Å². The zero-order valence-corrected chi connectivity index (χ0v) is 25.7. The molecule has 47 heavy (non-hydrogen) atoms. The van der Waals surface area contributed by atoms with Gasteiger partial charge in [0.15, 0.2) is 0 Å². The zero-order valence-electron chi connectivity index (χ0n) is 25.7. The maximum atomic E-state index is 7.04. The summed E-state index contributed by atoms with van der Waals surface area (Å²) >= 11 is 0. The topological polar surface area (TPSA) is 21.7 Å². The van der Waals surface area contributed by atoms with Crippen LogP contribution in [0.3, 0.4) is 0 Å². The second-order valence-electron chi connectivity index (χ2n) is 12.0. The Bertz CT molecular complexity index is 1970. The summed E-state index contributed by atoms with van der Waals surface area (Å²) < 4.78 is 14.1. The number of rotatable bonds is 6. The van der Waals surface area contributed by atoms with E-state index >= 15 is 0 Å². The molecule has 0 atom stereocenters. The van der Waals surface area contributed by atoms with Crippen LogP contribution in [0.15, 0.2) is 176 Å². The predicted octanol–water partition coefficient (Wildman–Crippen LogP) is 9.06. The third kappa shape index (κ3) is 4.61. The Balaban J connectivity index is 1.42. The first kappa shape index (κ1) is 27.3. The van der Waals surface area contributed by atoms with Crippen molar-refractivity contribution in [2.24, 2.45) is 0 Å². The third-order valence-corrected chi connectivity index (χ3v) is 9.30. The van der Waals surface area contributed by atoms with Gasteiger partial charge in [0.1, 0.15) is 23.0 Å². The molecule has 0 aliphatic carbocycles. The summed E-state index contributed by atoms with van der Waals surface area (Å²) in [6.45, 7) is -0.0609. The highest BCUT2D eigenvalue weighted by Crippen LogP contribution is 2.50. The fourth-order valence-corrected chi connectivity index (χ4v) is 7.29. The van der Waals surface area contributed by atoms with Crippen molar-refractivity contribution in [3.05, 3.63) is 193 Å². The van der Waals surface area contributed by atoms with Crippen molar-refractivity contribution in [1.29, 1.82) is 0 Å². The molecular formula is C43H30BNO2. The Morgan fingerprint density at radius 1 is 0.447 bits per heavy atom. The fourth-order valence-electron chi connectivity index (χ4n) is 7.29. The summed E-state index contributed by atoms with van der Waals surface area (Å²) in [5.74, 6) is 3.33. The van der Waals surface area contributed by atoms with Gasteiger partial charge in [-0.15, -0.1) is 0 Å². The van der Waals surface area contributed by atoms with E-state index in [9.17, 15) is 0 Å². The predicted molar refractivity (Wildman–Crippen MR) is 193 cm³/mol. The average Bonchev–Trinajstić information content (AvgIpc) is 3.15. The van der Waals surface area contributed by atoms with Crippen molar-refractivity contribution in [3.8, 4) is 23.0 Å². The first-order chi connectivity index (χ1) is 23.3. The Kier molecular flexibility index (Phi) is 6.64. The lowest BCUT2D eigenvalue weighted by Crippen LogP contribution is -2.57. The fraction of sp³-hybridized carbons (Fsp3) is 0.0233. The van der Waals surface area contributed by atoms with Crippen molar-refractivity contribution < 1.29 is 9.47 Å². The van der Waals surface area contributed by atoms with Gasteiger partial charge in [-0.25, -0.2) is 0 Å². The molecule has 2 aliphatic heterocycles. The van der Waals surface area contributed by atoms with E-state index in [4.69, 9.17) is 9.47 Å². The van der Waals surface area contributed by atoms with Gasteiger partial charge < -0.3 is 14.4 Å². The molecule has 0 fully saturated rings. The number of benzene rings is 7. The van der Waals surface area contributed by atoms with Crippen LogP contribution in [0, 0.1) is 0 Å². The number of para-hydroxylation sites is 4. The molecule has 4 heteroatoms. The van der Waals surface area contributed by atoms with Gasteiger partial charge >= 0.3 is 0 Å². The summed E-state index contributed by atoms with van der Waals surface area (Å²) in [7, 11) is 0. The van der Waals surface area contributed by atoms with Gasteiger partial charge in [-0.05, 0) is 64.5 Å². The highest BCUT2D eigenvalue weighted by molar-refractivity contribution is 6.98. The Labute approximate surface area is 275 Å². The van der Waals surface area contributed by atoms with Crippen molar-refractivity contribution in [2.45, 2.75) is 5.92 Å². The van der Waals surface area contributed by atoms with Crippen LogP contribution in [-0.4, -0.2) is 6.71 Å². The number of fused-ring (bicyclic) bond motifs is 4. The Morgan fingerprint density at radius 2 is 0.872 bits per heavy atom. The molecule has 0 N–H and O–H groups in total. The molecule has 222 valence electrons. The Hall–Kier alpha value is -6.00. The van der Waals surface area contributed by atoms with E-state index in [1.807, 2.05) is 0 Å². The molecule has 2 heterocycles. The molecule has 3 nitrogen and oxygen atoms in total. The summed E-state index contributed by atoms with van der Waals surface area (Å²) in [6.07, 6.45) is 0. The van der Waals surface area contributed by atoms with E-state index in [2.05, 4.69) is 181 Å². The van der Waals surface area contributed by atoms with E-state index in [0.717, 1.165) is 62.0 Å². The van der Waals surface area contributed by atoms with E-state index < -0.39 is 0 Å². The lowest BCUT2D eigenvalue weighted by molar-refractivity contribution is 0.460. The molecule has 7 aromatic rings. The summed E-state index contributed by atoms with van der Waals surface area (Å²) in [5.41, 5.74) is 9.89. The maximum Gasteiger partial charge on any atom is 0.260 e. The van der Waals surface area contributed by atoms with Crippen molar-refractivity contribution in [2.75, 3.05) is 4.90 Å². The molecular weight excluding hydrogens is 573 g/mol. The SMILES string of the molecule is c1ccc(C(c2ccccc2)c2cc(N(c3ccccc3)c3ccccc3)c3c4c2Oc2ccccc2B4c2ccccc2O3)cc1. The third-order valence-electron chi connectivity index (χ3n) is 9.30. The minimum Gasteiger partial charge on any atom is -0.458 e. The second-order valence-corrected chi connectivity index (χ2v) is 12.0. The van der Waals surface area contributed by atoms with Gasteiger partial charge in [0, 0.05) is 28.3 Å². The molecule has 0 bridgehead atoms. The van der Waals surface area contributed by atoms with Crippen LogP contribution in [0.25, 0.3) is 0 Å². The first-order valence-corrected chi connectivity index (χ1v) is 16.1. The number of hydrogen-bond acceptors (Lipinski definition) is 3. The van der Waals surface area contributed by atoms with E-state index in [1.54, 1.807) is 0 Å². The molecule has 9 rings (SSSR count). The molecule has 0 spiro atoms. The smallest absolute Gasteiger partial charge is 0.260 e. The van der Waals surface area contributed by atoms with Crippen LogP contribution >= 0.6 is 0 Å². The number of anilines is 3. The van der Waals surface area contributed by atoms with Crippen LogP contribution in [0.5, 0.6) is 23.0 Å². The molecule has 0 aromatic heterocycles. The molecule has 0 unspecified atom stereocenters. The number of nitrogens with zero attached hydrogens (tertiary/aromatic N) is 1. The molecule has 0 saturated heterocycles. The highest BCUT2D eigenvalue weighted by atomic mass is 16.5. The van der Waals surface area contributed by atoms with Gasteiger partial charge in [-0.3, -0.25) is 0 Å². The summed E-state index contributed by atoms with van der Waals surface area (Å²) in [5, 5.41) is 0.